The standard InChI is InChI=1S/C20H23N3O4/c1-13(24)14-9-18-19(27-12-26-18)10-15(14)21-20(25)11-23-8-4-6-17(23)16-5-3-7-22(16)2/h3,5,7,9-10,17H,4,6,8,11-12H2,1-2H3,(H,21,25)/t17-/m1/s1. The summed E-state index contributed by atoms with van der Waals surface area (Å²) in [6, 6.07) is 7.66. The van der Waals surface area contributed by atoms with Gasteiger partial charge in [-0.1, -0.05) is 0 Å². The van der Waals surface area contributed by atoms with Gasteiger partial charge < -0.3 is 19.4 Å². The summed E-state index contributed by atoms with van der Waals surface area (Å²) in [5.74, 6) is 0.795. The molecule has 0 saturated carbocycles. The van der Waals surface area contributed by atoms with Gasteiger partial charge in [0, 0.05) is 30.6 Å². The van der Waals surface area contributed by atoms with Gasteiger partial charge in [0.15, 0.2) is 17.3 Å². The minimum Gasteiger partial charge on any atom is -0.454 e. The van der Waals surface area contributed by atoms with Crippen LogP contribution in [0.5, 0.6) is 11.5 Å². The second-order valence-electron chi connectivity index (χ2n) is 7.03. The van der Waals surface area contributed by atoms with E-state index >= 15 is 0 Å². The maximum atomic E-state index is 12.7. The molecule has 1 N–H and O–H groups in total. The van der Waals surface area contributed by atoms with Gasteiger partial charge in [0.2, 0.25) is 12.7 Å². The zero-order valence-electron chi connectivity index (χ0n) is 15.5. The van der Waals surface area contributed by atoms with Crippen LogP contribution in [0.25, 0.3) is 0 Å². The van der Waals surface area contributed by atoms with Crippen molar-refractivity contribution in [3.8, 4) is 11.5 Å². The third kappa shape index (κ3) is 3.42. The fourth-order valence-electron chi connectivity index (χ4n) is 3.88. The molecular weight excluding hydrogens is 346 g/mol. The maximum Gasteiger partial charge on any atom is 0.238 e. The van der Waals surface area contributed by atoms with Gasteiger partial charge in [0.1, 0.15) is 0 Å². The predicted octanol–water partition coefficient (Wildman–Crippen LogP) is 2.73. The number of ether oxygens (including phenoxy) is 2. The number of anilines is 1. The van der Waals surface area contributed by atoms with Crippen LogP contribution in [0.3, 0.4) is 0 Å². The Bertz CT molecular complexity index is 889. The molecule has 0 aliphatic carbocycles. The van der Waals surface area contributed by atoms with E-state index in [0.29, 0.717) is 22.7 Å². The third-order valence-corrected chi connectivity index (χ3v) is 5.20. The number of carbonyl (C=O) groups excluding carboxylic acids is 2. The van der Waals surface area contributed by atoms with E-state index in [2.05, 4.69) is 20.9 Å². The number of carbonyl (C=O) groups is 2. The van der Waals surface area contributed by atoms with Crippen molar-refractivity contribution < 1.29 is 19.1 Å². The molecule has 1 aromatic heterocycles. The molecule has 1 fully saturated rings. The summed E-state index contributed by atoms with van der Waals surface area (Å²) in [6.07, 6.45) is 4.12. The number of hydrogen-bond acceptors (Lipinski definition) is 5. The second kappa shape index (κ2) is 7.08. The molecular formula is C20H23N3O4. The Labute approximate surface area is 157 Å². The van der Waals surface area contributed by atoms with E-state index in [4.69, 9.17) is 9.47 Å². The summed E-state index contributed by atoms with van der Waals surface area (Å²) in [4.78, 5) is 26.9. The van der Waals surface area contributed by atoms with Crippen molar-refractivity contribution >= 4 is 17.4 Å². The highest BCUT2D eigenvalue weighted by molar-refractivity contribution is 6.05. The molecule has 0 bridgehead atoms. The first-order valence-electron chi connectivity index (χ1n) is 9.12. The maximum absolute atomic E-state index is 12.7. The van der Waals surface area contributed by atoms with Crippen LogP contribution >= 0.6 is 0 Å². The number of hydrogen-bond donors (Lipinski definition) is 1. The minimum atomic E-state index is -0.141. The van der Waals surface area contributed by atoms with E-state index in [9.17, 15) is 9.59 Å². The number of aromatic nitrogens is 1. The molecule has 2 aromatic rings. The summed E-state index contributed by atoms with van der Waals surface area (Å²) in [6.45, 7) is 2.75. The van der Waals surface area contributed by atoms with Crippen molar-refractivity contribution in [3.63, 3.8) is 0 Å². The van der Waals surface area contributed by atoms with Crippen molar-refractivity contribution in [2.75, 3.05) is 25.2 Å². The van der Waals surface area contributed by atoms with Crippen LogP contribution in [0, 0.1) is 0 Å². The number of benzene rings is 1. The lowest BCUT2D eigenvalue weighted by molar-refractivity contribution is -0.117. The molecule has 2 aliphatic heterocycles. The van der Waals surface area contributed by atoms with Crippen molar-refractivity contribution in [2.24, 2.45) is 7.05 Å². The number of ketones is 1. The molecule has 7 heteroatoms. The fourth-order valence-corrected chi connectivity index (χ4v) is 3.88. The highest BCUT2D eigenvalue weighted by Gasteiger charge is 2.29. The number of aryl methyl sites for hydroxylation is 1. The van der Waals surface area contributed by atoms with Crippen LogP contribution in [-0.2, 0) is 11.8 Å². The Morgan fingerprint density at radius 2 is 2.04 bits per heavy atom. The lowest BCUT2D eigenvalue weighted by Gasteiger charge is -2.24. The van der Waals surface area contributed by atoms with Gasteiger partial charge in [-0.2, -0.15) is 0 Å². The van der Waals surface area contributed by atoms with Gasteiger partial charge in [0.25, 0.3) is 0 Å². The van der Waals surface area contributed by atoms with Gasteiger partial charge in [-0.25, -0.2) is 0 Å². The Kier molecular flexibility index (Phi) is 4.61. The molecule has 2 aliphatic rings. The van der Waals surface area contributed by atoms with Crippen molar-refractivity contribution in [1.29, 1.82) is 0 Å². The molecule has 1 atom stereocenters. The van der Waals surface area contributed by atoms with E-state index in [1.165, 1.54) is 12.6 Å². The Morgan fingerprint density at radius 3 is 2.74 bits per heavy atom. The van der Waals surface area contributed by atoms with Crippen LogP contribution in [0.4, 0.5) is 5.69 Å². The van der Waals surface area contributed by atoms with E-state index in [0.717, 1.165) is 19.4 Å². The van der Waals surface area contributed by atoms with Gasteiger partial charge in [0.05, 0.1) is 18.3 Å². The van der Waals surface area contributed by atoms with Gasteiger partial charge in [-0.15, -0.1) is 0 Å². The summed E-state index contributed by atoms with van der Waals surface area (Å²) >= 11 is 0. The Hall–Kier alpha value is -2.80. The van der Waals surface area contributed by atoms with E-state index in [1.807, 2.05) is 19.3 Å². The molecule has 4 rings (SSSR count). The van der Waals surface area contributed by atoms with Crippen LogP contribution in [0.2, 0.25) is 0 Å². The van der Waals surface area contributed by atoms with Crippen molar-refractivity contribution in [1.82, 2.24) is 9.47 Å². The van der Waals surface area contributed by atoms with Crippen molar-refractivity contribution in [2.45, 2.75) is 25.8 Å². The quantitative estimate of drug-likeness (QED) is 0.821. The molecule has 27 heavy (non-hydrogen) atoms. The number of nitrogens with one attached hydrogen (secondary N) is 1. The molecule has 3 heterocycles. The number of Topliss-reactive ketones (excluding diaryl/α,β-unsaturated/α-hetero) is 1. The smallest absolute Gasteiger partial charge is 0.238 e. The van der Waals surface area contributed by atoms with Gasteiger partial charge in [-0.05, 0) is 44.5 Å². The first-order chi connectivity index (χ1) is 13.0. The number of likely N-dealkylation sites (tertiary alicyclic amines) is 1. The summed E-state index contributed by atoms with van der Waals surface area (Å²) in [5.41, 5.74) is 2.10. The first kappa shape index (κ1) is 17.6. The number of amides is 1. The minimum absolute atomic E-state index is 0.121. The monoisotopic (exact) mass is 369 g/mol. The van der Waals surface area contributed by atoms with Crippen LogP contribution in [0.15, 0.2) is 30.5 Å². The summed E-state index contributed by atoms with van der Waals surface area (Å²) in [5, 5.41) is 2.89. The Balaban J connectivity index is 1.50. The zero-order valence-corrected chi connectivity index (χ0v) is 15.5. The predicted molar refractivity (Wildman–Crippen MR) is 100 cm³/mol. The van der Waals surface area contributed by atoms with Crippen LogP contribution in [-0.4, -0.2) is 41.0 Å². The van der Waals surface area contributed by atoms with Crippen LogP contribution in [0.1, 0.15) is 41.9 Å². The SMILES string of the molecule is CC(=O)c1cc2c(cc1NC(=O)CN1CCC[C@@H]1c1cccn1C)OCO2. The van der Waals surface area contributed by atoms with Gasteiger partial charge in [-0.3, -0.25) is 14.5 Å². The molecule has 0 radical (unpaired) electrons. The molecule has 1 amide bonds. The molecule has 0 spiro atoms. The molecule has 1 saturated heterocycles. The van der Waals surface area contributed by atoms with E-state index in [1.54, 1.807) is 12.1 Å². The second-order valence-corrected chi connectivity index (χ2v) is 7.03. The Morgan fingerprint density at radius 1 is 1.26 bits per heavy atom. The molecule has 142 valence electrons. The third-order valence-electron chi connectivity index (χ3n) is 5.20. The number of nitrogens with zero attached hydrogens (tertiary/aromatic N) is 2. The van der Waals surface area contributed by atoms with E-state index < -0.39 is 0 Å². The number of rotatable bonds is 5. The molecule has 0 unspecified atom stereocenters. The average molecular weight is 369 g/mol. The largest absolute Gasteiger partial charge is 0.454 e. The van der Waals surface area contributed by atoms with Crippen LogP contribution < -0.4 is 14.8 Å². The lowest BCUT2D eigenvalue weighted by Crippen LogP contribution is -2.33. The summed E-state index contributed by atoms with van der Waals surface area (Å²) < 4.78 is 12.8. The zero-order chi connectivity index (χ0) is 19.0. The number of fused-ring (bicyclic) bond motifs is 1. The van der Waals surface area contributed by atoms with E-state index in [-0.39, 0.29) is 31.1 Å². The average Bonchev–Trinajstić information content (AvgIpc) is 3.34. The molecule has 7 nitrogen and oxygen atoms in total. The lowest BCUT2D eigenvalue weighted by atomic mass is 10.1. The highest BCUT2D eigenvalue weighted by Crippen LogP contribution is 2.37. The van der Waals surface area contributed by atoms with Crippen molar-refractivity contribution in [3.05, 3.63) is 41.7 Å². The van der Waals surface area contributed by atoms with Gasteiger partial charge >= 0.3 is 0 Å². The fraction of sp³-hybridized carbons (Fsp3) is 0.400. The topological polar surface area (TPSA) is 72.8 Å². The first-order valence-corrected chi connectivity index (χ1v) is 9.12. The molecule has 1 aromatic carbocycles. The normalized spacial score (nSPS) is 18.7. The summed E-state index contributed by atoms with van der Waals surface area (Å²) in [7, 11) is 2.03. The highest BCUT2D eigenvalue weighted by atomic mass is 16.7.